The van der Waals surface area contributed by atoms with Gasteiger partial charge in [0.05, 0.1) is 39.6 Å². The Morgan fingerprint density at radius 1 is 0.611 bits per heavy atom. The zero-order valence-electron chi connectivity index (χ0n) is 11.9. The molecule has 0 aliphatic carbocycles. The van der Waals surface area contributed by atoms with E-state index >= 15 is 0 Å². The first-order chi connectivity index (χ1) is 8.91. The topological polar surface area (TPSA) is 47.9 Å². The highest BCUT2D eigenvalue weighted by atomic mass is 16.5. The predicted octanol–water partition coefficient (Wildman–Crippen LogP) is 2.39. The van der Waals surface area contributed by atoms with E-state index in [4.69, 9.17) is 19.3 Å². The minimum atomic E-state index is 0.0708. The largest absolute Gasteiger partial charge is 0.394 e. The van der Waals surface area contributed by atoms with Crippen LogP contribution in [0.1, 0.15) is 45.4 Å². The fraction of sp³-hybridized carbons (Fsp3) is 1.00. The van der Waals surface area contributed by atoms with Gasteiger partial charge in [-0.25, -0.2) is 0 Å². The van der Waals surface area contributed by atoms with Crippen LogP contribution in [0.3, 0.4) is 0 Å². The number of aliphatic hydroxyl groups is 1. The number of aliphatic hydroxyl groups excluding tert-OH is 1. The van der Waals surface area contributed by atoms with Gasteiger partial charge in [-0.1, -0.05) is 39.0 Å². The van der Waals surface area contributed by atoms with Crippen LogP contribution in [0.4, 0.5) is 0 Å². The lowest BCUT2D eigenvalue weighted by atomic mass is 10.1. The maximum atomic E-state index is 8.47. The summed E-state index contributed by atoms with van der Waals surface area (Å²) in [5, 5.41) is 8.47. The molecule has 0 aliphatic heterocycles. The molecule has 0 heterocycles. The summed E-state index contributed by atoms with van der Waals surface area (Å²) >= 11 is 0. The van der Waals surface area contributed by atoms with E-state index in [1.54, 1.807) is 0 Å². The molecule has 0 aromatic heterocycles. The van der Waals surface area contributed by atoms with Gasteiger partial charge >= 0.3 is 0 Å². The van der Waals surface area contributed by atoms with E-state index in [-0.39, 0.29) is 6.61 Å². The molecule has 0 radical (unpaired) electrons. The molecule has 0 saturated heterocycles. The van der Waals surface area contributed by atoms with Crippen LogP contribution in [0, 0.1) is 0 Å². The number of unbranched alkanes of at least 4 members (excludes halogenated alkanes) is 5. The van der Waals surface area contributed by atoms with Crippen molar-refractivity contribution in [2.24, 2.45) is 0 Å². The molecule has 0 rings (SSSR count). The van der Waals surface area contributed by atoms with Crippen molar-refractivity contribution in [3.8, 4) is 0 Å². The third kappa shape index (κ3) is 15.8. The summed E-state index contributed by atoms with van der Waals surface area (Å²) in [6, 6.07) is 0. The number of rotatable bonds is 15. The second-order valence-electron chi connectivity index (χ2n) is 4.33. The molecule has 0 spiro atoms. The maximum Gasteiger partial charge on any atom is 0.0701 e. The van der Waals surface area contributed by atoms with Gasteiger partial charge < -0.3 is 19.3 Å². The summed E-state index contributed by atoms with van der Waals surface area (Å²) in [5.74, 6) is 0. The second kappa shape index (κ2) is 16.8. The molecule has 0 aromatic carbocycles. The van der Waals surface area contributed by atoms with E-state index in [1.807, 2.05) is 0 Å². The Morgan fingerprint density at radius 3 is 1.72 bits per heavy atom. The van der Waals surface area contributed by atoms with Gasteiger partial charge in [0.1, 0.15) is 0 Å². The van der Waals surface area contributed by atoms with Crippen LogP contribution < -0.4 is 0 Å². The van der Waals surface area contributed by atoms with E-state index in [1.165, 1.54) is 32.1 Å². The summed E-state index contributed by atoms with van der Waals surface area (Å²) in [6.45, 7) is 5.93. The molecule has 18 heavy (non-hydrogen) atoms. The highest BCUT2D eigenvalue weighted by Crippen LogP contribution is 2.04. The van der Waals surface area contributed by atoms with Gasteiger partial charge in [0.2, 0.25) is 0 Å². The third-order valence-electron chi connectivity index (χ3n) is 2.62. The van der Waals surface area contributed by atoms with Gasteiger partial charge in [-0.15, -0.1) is 0 Å². The average Bonchev–Trinajstić information content (AvgIpc) is 2.39. The van der Waals surface area contributed by atoms with Crippen LogP contribution in [0.5, 0.6) is 0 Å². The molecule has 0 saturated carbocycles. The molecular weight excluding hydrogens is 232 g/mol. The smallest absolute Gasteiger partial charge is 0.0701 e. The third-order valence-corrected chi connectivity index (χ3v) is 2.62. The molecule has 0 amide bonds. The monoisotopic (exact) mass is 262 g/mol. The van der Waals surface area contributed by atoms with Gasteiger partial charge in [0.25, 0.3) is 0 Å². The average molecular weight is 262 g/mol. The van der Waals surface area contributed by atoms with Crippen LogP contribution in [-0.2, 0) is 14.2 Å². The number of ether oxygens (including phenoxy) is 3. The van der Waals surface area contributed by atoms with Crippen LogP contribution >= 0.6 is 0 Å². The van der Waals surface area contributed by atoms with Crippen LogP contribution in [0.25, 0.3) is 0 Å². The van der Waals surface area contributed by atoms with Crippen molar-refractivity contribution in [2.75, 3.05) is 46.2 Å². The molecule has 0 fully saturated rings. The quantitative estimate of drug-likeness (QED) is 0.460. The van der Waals surface area contributed by atoms with Gasteiger partial charge in [0.15, 0.2) is 0 Å². The van der Waals surface area contributed by atoms with Crippen LogP contribution in [-0.4, -0.2) is 51.4 Å². The Bertz CT molecular complexity index is 126. The van der Waals surface area contributed by atoms with Crippen molar-refractivity contribution >= 4 is 0 Å². The van der Waals surface area contributed by atoms with Gasteiger partial charge in [-0.05, 0) is 6.42 Å². The fourth-order valence-corrected chi connectivity index (χ4v) is 1.59. The number of hydrogen-bond acceptors (Lipinski definition) is 4. The normalized spacial score (nSPS) is 11.0. The lowest BCUT2D eigenvalue weighted by molar-refractivity contribution is 0.00719. The van der Waals surface area contributed by atoms with Crippen molar-refractivity contribution in [2.45, 2.75) is 45.4 Å². The Hall–Kier alpha value is -0.160. The summed E-state index contributed by atoms with van der Waals surface area (Å²) < 4.78 is 15.8. The first kappa shape index (κ1) is 17.8. The standard InChI is InChI=1S/C14H30O4/c1-2-3-4-5-6-7-9-16-11-13-18-14-12-17-10-8-15/h15H,2-14H2,1H3. The van der Waals surface area contributed by atoms with Crippen molar-refractivity contribution in [1.82, 2.24) is 0 Å². The molecule has 4 heteroatoms. The first-order valence-corrected chi connectivity index (χ1v) is 7.26. The van der Waals surface area contributed by atoms with E-state index in [0.717, 1.165) is 13.0 Å². The maximum absolute atomic E-state index is 8.47. The van der Waals surface area contributed by atoms with E-state index < -0.39 is 0 Å². The van der Waals surface area contributed by atoms with Gasteiger partial charge in [-0.3, -0.25) is 0 Å². The van der Waals surface area contributed by atoms with Crippen molar-refractivity contribution in [3.05, 3.63) is 0 Å². The summed E-state index contributed by atoms with van der Waals surface area (Å²) in [5.41, 5.74) is 0. The van der Waals surface area contributed by atoms with Gasteiger partial charge in [0, 0.05) is 6.61 Å². The zero-order chi connectivity index (χ0) is 13.3. The summed E-state index contributed by atoms with van der Waals surface area (Å²) in [4.78, 5) is 0. The summed E-state index contributed by atoms with van der Waals surface area (Å²) in [6.07, 6.45) is 7.77. The predicted molar refractivity (Wildman–Crippen MR) is 72.9 cm³/mol. The molecular formula is C14H30O4. The summed E-state index contributed by atoms with van der Waals surface area (Å²) in [7, 11) is 0. The highest BCUT2D eigenvalue weighted by molar-refractivity contribution is 4.43. The molecule has 0 aliphatic rings. The minimum absolute atomic E-state index is 0.0708. The lowest BCUT2D eigenvalue weighted by Crippen LogP contribution is -2.11. The van der Waals surface area contributed by atoms with E-state index in [2.05, 4.69) is 6.92 Å². The lowest BCUT2D eigenvalue weighted by Gasteiger charge is -2.06. The Labute approximate surface area is 112 Å². The van der Waals surface area contributed by atoms with Crippen molar-refractivity contribution in [3.63, 3.8) is 0 Å². The SMILES string of the molecule is CCCCCCCCOCCOCCOCCO. The van der Waals surface area contributed by atoms with Crippen molar-refractivity contribution in [1.29, 1.82) is 0 Å². The van der Waals surface area contributed by atoms with Gasteiger partial charge in [-0.2, -0.15) is 0 Å². The first-order valence-electron chi connectivity index (χ1n) is 7.26. The molecule has 0 bridgehead atoms. The molecule has 0 atom stereocenters. The second-order valence-corrected chi connectivity index (χ2v) is 4.33. The molecule has 4 nitrogen and oxygen atoms in total. The Balaban J connectivity index is 2.86. The van der Waals surface area contributed by atoms with E-state index in [0.29, 0.717) is 33.0 Å². The minimum Gasteiger partial charge on any atom is -0.394 e. The molecule has 110 valence electrons. The zero-order valence-corrected chi connectivity index (χ0v) is 11.9. The van der Waals surface area contributed by atoms with Crippen LogP contribution in [0.2, 0.25) is 0 Å². The highest BCUT2D eigenvalue weighted by Gasteiger charge is 1.92. The molecule has 1 N–H and O–H groups in total. The fourth-order valence-electron chi connectivity index (χ4n) is 1.59. The molecule has 0 aromatic rings. The van der Waals surface area contributed by atoms with Crippen LogP contribution in [0.15, 0.2) is 0 Å². The molecule has 0 unspecified atom stereocenters. The Kier molecular flexibility index (Phi) is 16.7. The van der Waals surface area contributed by atoms with Crippen molar-refractivity contribution < 1.29 is 19.3 Å². The number of hydrogen-bond donors (Lipinski definition) is 1. The Morgan fingerprint density at radius 2 is 1.11 bits per heavy atom. The van der Waals surface area contributed by atoms with E-state index in [9.17, 15) is 0 Å².